The van der Waals surface area contributed by atoms with Gasteiger partial charge in [0.25, 0.3) is 5.91 Å². The van der Waals surface area contributed by atoms with Crippen molar-refractivity contribution in [2.24, 2.45) is 5.73 Å². The van der Waals surface area contributed by atoms with Gasteiger partial charge in [-0.1, -0.05) is 18.3 Å². The van der Waals surface area contributed by atoms with Crippen molar-refractivity contribution in [2.75, 3.05) is 33.9 Å². The van der Waals surface area contributed by atoms with Crippen molar-refractivity contribution in [3.8, 4) is 11.5 Å². The quantitative estimate of drug-likeness (QED) is 0.831. The van der Waals surface area contributed by atoms with Crippen LogP contribution in [0.25, 0.3) is 0 Å². The van der Waals surface area contributed by atoms with Crippen LogP contribution >= 0.6 is 12.2 Å². The second kappa shape index (κ2) is 6.73. The Morgan fingerprint density at radius 1 is 1.43 bits per heavy atom. The van der Waals surface area contributed by atoms with Crippen LogP contribution < -0.4 is 15.2 Å². The number of carbonyl (C=O) groups excluding carboxylic acids is 1. The summed E-state index contributed by atoms with van der Waals surface area (Å²) in [5.41, 5.74) is 6.04. The van der Waals surface area contributed by atoms with Gasteiger partial charge in [-0.25, -0.2) is 0 Å². The maximum absolute atomic E-state index is 12.7. The molecule has 6 nitrogen and oxygen atoms in total. The number of benzene rings is 1. The Morgan fingerprint density at radius 3 is 2.81 bits per heavy atom. The zero-order valence-electron chi connectivity index (χ0n) is 12.0. The third kappa shape index (κ3) is 3.25. The van der Waals surface area contributed by atoms with Crippen LogP contribution in [0.15, 0.2) is 18.2 Å². The summed E-state index contributed by atoms with van der Waals surface area (Å²) in [5.74, 6) is 0.779. The smallest absolute Gasteiger partial charge is 0.257 e. The Bertz CT molecular complexity index is 550. The van der Waals surface area contributed by atoms with Crippen molar-refractivity contribution in [1.82, 2.24) is 4.90 Å². The number of ether oxygens (including phenoxy) is 3. The van der Waals surface area contributed by atoms with E-state index in [4.69, 9.17) is 32.2 Å². The van der Waals surface area contributed by atoms with Crippen LogP contribution in [-0.2, 0) is 4.74 Å². The molecular weight excluding hydrogens is 292 g/mol. The molecule has 1 aromatic carbocycles. The predicted octanol–water partition coefficient (Wildman–Crippen LogP) is 0.831. The molecule has 1 aliphatic rings. The van der Waals surface area contributed by atoms with Crippen LogP contribution in [0.3, 0.4) is 0 Å². The summed E-state index contributed by atoms with van der Waals surface area (Å²) in [5, 5.41) is 0. The van der Waals surface area contributed by atoms with Crippen molar-refractivity contribution in [1.29, 1.82) is 0 Å². The number of carbonyl (C=O) groups is 1. The summed E-state index contributed by atoms with van der Waals surface area (Å²) in [4.78, 5) is 14.6. The largest absolute Gasteiger partial charge is 0.493 e. The molecular formula is C14H18N2O4S. The number of hydrogen-bond acceptors (Lipinski definition) is 5. The van der Waals surface area contributed by atoms with Gasteiger partial charge in [-0.2, -0.15) is 0 Å². The number of nitrogens with two attached hydrogens (primary N) is 1. The summed E-state index contributed by atoms with van der Waals surface area (Å²) in [6, 6.07) is 5.20. The first-order valence-electron chi connectivity index (χ1n) is 6.49. The zero-order valence-corrected chi connectivity index (χ0v) is 12.8. The lowest BCUT2D eigenvalue weighted by Crippen LogP contribution is -2.50. The van der Waals surface area contributed by atoms with E-state index in [-0.39, 0.29) is 10.9 Å². The first-order valence-corrected chi connectivity index (χ1v) is 6.90. The second-order valence-electron chi connectivity index (χ2n) is 4.55. The first kappa shape index (κ1) is 15.5. The van der Waals surface area contributed by atoms with Crippen LogP contribution in [0.4, 0.5) is 0 Å². The maximum atomic E-state index is 12.7. The molecule has 1 saturated heterocycles. The van der Waals surface area contributed by atoms with Gasteiger partial charge in [-0.15, -0.1) is 0 Å². The van der Waals surface area contributed by atoms with Crippen molar-refractivity contribution in [3.05, 3.63) is 23.8 Å². The Labute approximate surface area is 128 Å². The van der Waals surface area contributed by atoms with Gasteiger partial charge in [-0.05, 0) is 12.1 Å². The molecule has 21 heavy (non-hydrogen) atoms. The molecule has 1 amide bonds. The highest BCUT2D eigenvalue weighted by Crippen LogP contribution is 2.31. The summed E-state index contributed by atoms with van der Waals surface area (Å²) in [7, 11) is 3.04. The van der Waals surface area contributed by atoms with Crippen molar-refractivity contribution in [2.45, 2.75) is 6.10 Å². The minimum Gasteiger partial charge on any atom is -0.493 e. The fraction of sp³-hybridized carbons (Fsp3) is 0.429. The predicted molar refractivity (Wildman–Crippen MR) is 82.0 cm³/mol. The van der Waals surface area contributed by atoms with Gasteiger partial charge < -0.3 is 24.8 Å². The lowest BCUT2D eigenvalue weighted by atomic mass is 10.1. The van der Waals surface area contributed by atoms with E-state index in [9.17, 15) is 4.79 Å². The fourth-order valence-corrected chi connectivity index (χ4v) is 2.37. The number of rotatable bonds is 4. The lowest BCUT2D eigenvalue weighted by Gasteiger charge is -2.32. The summed E-state index contributed by atoms with van der Waals surface area (Å²) < 4.78 is 16.0. The molecule has 0 aliphatic carbocycles. The number of morpholine rings is 1. The third-order valence-corrected chi connectivity index (χ3v) is 3.57. The molecule has 1 unspecified atom stereocenters. The van der Waals surface area contributed by atoms with E-state index >= 15 is 0 Å². The molecule has 1 heterocycles. The number of para-hydroxylation sites is 1. The number of nitrogens with zero attached hydrogens (tertiary/aromatic N) is 1. The molecule has 1 aromatic rings. The maximum Gasteiger partial charge on any atom is 0.257 e. The number of amides is 1. The van der Waals surface area contributed by atoms with E-state index in [0.29, 0.717) is 36.8 Å². The molecule has 1 atom stereocenters. The van der Waals surface area contributed by atoms with Crippen molar-refractivity contribution >= 4 is 23.1 Å². The Kier molecular flexibility index (Phi) is 4.98. The molecule has 2 N–H and O–H groups in total. The molecule has 2 rings (SSSR count). The molecule has 7 heteroatoms. The highest BCUT2D eigenvalue weighted by molar-refractivity contribution is 7.80. The average Bonchev–Trinajstić information content (AvgIpc) is 2.53. The average molecular weight is 310 g/mol. The topological polar surface area (TPSA) is 74.0 Å². The summed E-state index contributed by atoms with van der Waals surface area (Å²) in [6.07, 6.45) is -0.408. The zero-order chi connectivity index (χ0) is 15.4. The van der Waals surface area contributed by atoms with Gasteiger partial charge in [0, 0.05) is 6.54 Å². The Balaban J connectivity index is 2.25. The van der Waals surface area contributed by atoms with E-state index in [1.807, 2.05) is 0 Å². The highest BCUT2D eigenvalue weighted by Gasteiger charge is 2.28. The lowest BCUT2D eigenvalue weighted by molar-refractivity contribution is 0.00862. The van der Waals surface area contributed by atoms with Gasteiger partial charge >= 0.3 is 0 Å². The van der Waals surface area contributed by atoms with Crippen molar-refractivity contribution in [3.63, 3.8) is 0 Å². The normalized spacial score (nSPS) is 18.2. The van der Waals surface area contributed by atoms with Crippen LogP contribution in [0.5, 0.6) is 11.5 Å². The Hall–Kier alpha value is -1.86. The molecule has 0 bridgehead atoms. The van der Waals surface area contributed by atoms with Crippen molar-refractivity contribution < 1.29 is 19.0 Å². The second-order valence-corrected chi connectivity index (χ2v) is 5.03. The molecule has 0 aromatic heterocycles. The molecule has 114 valence electrons. The van der Waals surface area contributed by atoms with Gasteiger partial charge in [0.15, 0.2) is 11.5 Å². The van der Waals surface area contributed by atoms with E-state index in [1.54, 1.807) is 23.1 Å². The van der Waals surface area contributed by atoms with E-state index in [1.165, 1.54) is 14.2 Å². The van der Waals surface area contributed by atoms with Gasteiger partial charge in [0.05, 0.1) is 32.9 Å². The van der Waals surface area contributed by atoms with Gasteiger partial charge in [-0.3, -0.25) is 4.79 Å². The van der Waals surface area contributed by atoms with Gasteiger partial charge in [0.1, 0.15) is 11.1 Å². The van der Waals surface area contributed by atoms with Crippen LogP contribution in [-0.4, -0.2) is 55.8 Å². The molecule has 0 radical (unpaired) electrons. The van der Waals surface area contributed by atoms with Crippen LogP contribution in [0.1, 0.15) is 10.4 Å². The minimum absolute atomic E-state index is 0.157. The van der Waals surface area contributed by atoms with Crippen LogP contribution in [0, 0.1) is 0 Å². The molecule has 0 saturated carbocycles. The summed E-state index contributed by atoms with van der Waals surface area (Å²) in [6.45, 7) is 1.23. The first-order chi connectivity index (χ1) is 10.1. The molecule has 0 spiro atoms. The molecule has 1 fully saturated rings. The Morgan fingerprint density at radius 2 is 2.19 bits per heavy atom. The minimum atomic E-state index is -0.408. The SMILES string of the molecule is COc1cccc(C(=O)N2CCOC(C(N)=S)C2)c1OC. The monoisotopic (exact) mass is 310 g/mol. The van der Waals surface area contributed by atoms with Gasteiger partial charge in [0.2, 0.25) is 0 Å². The standard InChI is InChI=1S/C14H18N2O4S/c1-18-10-5-3-4-9(12(10)19-2)14(17)16-6-7-20-11(8-16)13(15)21/h3-5,11H,6-8H2,1-2H3,(H2,15,21). The van der Waals surface area contributed by atoms with Crippen LogP contribution in [0.2, 0.25) is 0 Å². The number of thiocarbonyl (C=S) groups is 1. The highest BCUT2D eigenvalue weighted by atomic mass is 32.1. The fourth-order valence-electron chi connectivity index (χ4n) is 2.23. The summed E-state index contributed by atoms with van der Waals surface area (Å²) >= 11 is 4.93. The number of methoxy groups -OCH3 is 2. The van der Waals surface area contributed by atoms with E-state index in [0.717, 1.165) is 0 Å². The molecule has 1 aliphatic heterocycles. The number of hydrogen-bond donors (Lipinski definition) is 1. The van der Waals surface area contributed by atoms with E-state index < -0.39 is 6.10 Å². The third-order valence-electron chi connectivity index (χ3n) is 3.30. The van der Waals surface area contributed by atoms with E-state index in [2.05, 4.69) is 0 Å².